The zero-order valence-corrected chi connectivity index (χ0v) is 12.8. The minimum atomic E-state index is -3.70. The molecule has 0 spiro atoms. The van der Waals surface area contributed by atoms with E-state index >= 15 is 0 Å². The van der Waals surface area contributed by atoms with E-state index in [2.05, 4.69) is 14.7 Å². The summed E-state index contributed by atoms with van der Waals surface area (Å²) in [4.78, 5) is 31.2. The fourth-order valence-corrected chi connectivity index (χ4v) is 3.27. The topological polar surface area (TPSA) is 112 Å². The number of rotatable bonds is 5. The highest BCUT2D eigenvalue weighted by Crippen LogP contribution is 2.23. The number of hydrogen-bond donors (Lipinski definition) is 2. The summed E-state index contributed by atoms with van der Waals surface area (Å²) in [7, 11) is -3.70. The zero-order valence-electron chi connectivity index (χ0n) is 12.0. The van der Waals surface area contributed by atoms with Crippen molar-refractivity contribution in [1.82, 2.24) is 14.7 Å². The summed E-state index contributed by atoms with van der Waals surface area (Å²) < 4.78 is 26.8. The lowest BCUT2D eigenvalue weighted by molar-refractivity contribution is -0.121. The lowest BCUT2D eigenvalue weighted by Crippen LogP contribution is -2.28. The maximum Gasteiger partial charge on any atom is 0.240 e. The molecule has 2 heterocycles. The van der Waals surface area contributed by atoms with Gasteiger partial charge in [0.25, 0.3) is 0 Å². The lowest BCUT2D eigenvalue weighted by Gasteiger charge is -2.14. The molecule has 120 valence electrons. The Bertz CT molecular complexity index is 812. The molecule has 1 aliphatic heterocycles. The molecule has 9 heteroatoms. The second-order valence-electron chi connectivity index (χ2n) is 4.98. The van der Waals surface area contributed by atoms with Gasteiger partial charge in [0.05, 0.1) is 17.1 Å². The van der Waals surface area contributed by atoms with Crippen LogP contribution >= 0.6 is 0 Å². The van der Waals surface area contributed by atoms with Crippen molar-refractivity contribution in [2.24, 2.45) is 0 Å². The van der Waals surface area contributed by atoms with Gasteiger partial charge in [-0.3, -0.25) is 14.5 Å². The van der Waals surface area contributed by atoms with Crippen LogP contribution in [0.4, 0.5) is 5.69 Å². The van der Waals surface area contributed by atoms with Crippen LogP contribution in [0, 0.1) is 0 Å². The number of carbonyl (C=O) groups is 2. The van der Waals surface area contributed by atoms with Gasteiger partial charge in [0, 0.05) is 25.2 Å². The van der Waals surface area contributed by atoms with Gasteiger partial charge < -0.3 is 4.98 Å². The SMILES string of the molecule is O=C1CCC(=O)N1c1ccc(S(=O)(=O)NCc2ncc[nH]2)cc1. The highest BCUT2D eigenvalue weighted by Gasteiger charge is 2.30. The molecular formula is C14H14N4O4S. The second kappa shape index (κ2) is 5.94. The standard InChI is InChI=1S/C14H14N4O4S/c19-13-5-6-14(20)18(13)10-1-3-11(4-2-10)23(21,22)17-9-12-15-7-8-16-12/h1-4,7-8,17H,5-6,9H2,(H,15,16). The molecule has 1 aliphatic rings. The molecule has 0 bridgehead atoms. The van der Waals surface area contributed by atoms with E-state index < -0.39 is 10.0 Å². The van der Waals surface area contributed by atoms with Gasteiger partial charge in [-0.15, -0.1) is 0 Å². The highest BCUT2D eigenvalue weighted by molar-refractivity contribution is 7.89. The van der Waals surface area contributed by atoms with E-state index in [1.165, 1.54) is 30.5 Å². The predicted molar refractivity (Wildman–Crippen MR) is 80.8 cm³/mol. The summed E-state index contributed by atoms with van der Waals surface area (Å²) in [5.41, 5.74) is 0.377. The van der Waals surface area contributed by atoms with Crippen LogP contribution in [0.25, 0.3) is 0 Å². The Kier molecular flexibility index (Phi) is 3.97. The van der Waals surface area contributed by atoms with Crippen molar-refractivity contribution in [3.05, 3.63) is 42.5 Å². The number of aromatic nitrogens is 2. The minimum absolute atomic E-state index is 0.0418. The van der Waals surface area contributed by atoms with Crippen molar-refractivity contribution in [3.8, 4) is 0 Å². The lowest BCUT2D eigenvalue weighted by atomic mass is 10.3. The maximum absolute atomic E-state index is 12.2. The summed E-state index contributed by atoms with van der Waals surface area (Å²) in [6, 6.07) is 5.61. The number of carbonyl (C=O) groups excluding carboxylic acids is 2. The van der Waals surface area contributed by atoms with Crippen LogP contribution < -0.4 is 9.62 Å². The summed E-state index contributed by atoms with van der Waals surface area (Å²) in [6.07, 6.45) is 3.50. The van der Waals surface area contributed by atoms with Gasteiger partial charge in [-0.25, -0.2) is 18.1 Å². The average Bonchev–Trinajstić information content (AvgIpc) is 3.16. The first-order valence-corrected chi connectivity index (χ1v) is 8.39. The number of H-pyrrole nitrogens is 1. The monoisotopic (exact) mass is 334 g/mol. The molecular weight excluding hydrogens is 320 g/mol. The Morgan fingerprint density at radius 1 is 1.13 bits per heavy atom. The van der Waals surface area contributed by atoms with Crippen molar-refractivity contribution in [2.45, 2.75) is 24.3 Å². The fraction of sp³-hybridized carbons (Fsp3) is 0.214. The Hall–Kier alpha value is -2.52. The smallest absolute Gasteiger partial charge is 0.240 e. The van der Waals surface area contributed by atoms with Crippen molar-refractivity contribution < 1.29 is 18.0 Å². The van der Waals surface area contributed by atoms with Crippen LogP contribution in [0.15, 0.2) is 41.6 Å². The summed E-state index contributed by atoms with van der Waals surface area (Å²) in [6.45, 7) is 0.0418. The van der Waals surface area contributed by atoms with Crippen LogP contribution in [0.3, 0.4) is 0 Å². The molecule has 0 atom stereocenters. The predicted octanol–water partition coefficient (Wildman–Crippen LogP) is 0.542. The van der Waals surface area contributed by atoms with Crippen LogP contribution in [0.1, 0.15) is 18.7 Å². The number of nitrogens with zero attached hydrogens (tertiary/aromatic N) is 2. The molecule has 1 aromatic heterocycles. The summed E-state index contributed by atoms with van der Waals surface area (Å²) in [5.74, 6) is -0.0541. The van der Waals surface area contributed by atoms with Crippen LogP contribution in [0.2, 0.25) is 0 Å². The molecule has 2 aromatic rings. The number of aromatic amines is 1. The van der Waals surface area contributed by atoms with E-state index in [0.29, 0.717) is 11.5 Å². The van der Waals surface area contributed by atoms with Gasteiger partial charge in [-0.05, 0) is 24.3 Å². The first kappa shape index (κ1) is 15.4. The van der Waals surface area contributed by atoms with Crippen molar-refractivity contribution >= 4 is 27.5 Å². The number of hydrogen-bond acceptors (Lipinski definition) is 5. The Morgan fingerprint density at radius 2 is 1.78 bits per heavy atom. The van der Waals surface area contributed by atoms with Crippen molar-refractivity contribution in [1.29, 1.82) is 0 Å². The van der Waals surface area contributed by atoms with E-state index in [0.717, 1.165) is 4.90 Å². The van der Waals surface area contributed by atoms with Crippen LogP contribution in [-0.4, -0.2) is 30.2 Å². The molecule has 1 aromatic carbocycles. The number of sulfonamides is 1. The maximum atomic E-state index is 12.2. The van der Waals surface area contributed by atoms with Gasteiger partial charge in [0.2, 0.25) is 21.8 Å². The van der Waals surface area contributed by atoms with E-state index in [1.54, 1.807) is 6.20 Å². The van der Waals surface area contributed by atoms with Crippen LogP contribution in [-0.2, 0) is 26.2 Å². The number of imide groups is 1. The molecule has 2 N–H and O–H groups in total. The Labute approximate surface area is 132 Å². The first-order chi connectivity index (χ1) is 11.0. The van der Waals surface area contributed by atoms with Gasteiger partial charge in [0.1, 0.15) is 5.82 Å². The molecule has 0 saturated carbocycles. The van der Waals surface area contributed by atoms with E-state index in [4.69, 9.17) is 0 Å². The quantitative estimate of drug-likeness (QED) is 0.775. The van der Waals surface area contributed by atoms with Gasteiger partial charge in [0.15, 0.2) is 0 Å². The largest absolute Gasteiger partial charge is 0.347 e. The van der Waals surface area contributed by atoms with Gasteiger partial charge in [-0.1, -0.05) is 0 Å². The fourth-order valence-electron chi connectivity index (χ4n) is 2.28. The molecule has 1 fully saturated rings. The highest BCUT2D eigenvalue weighted by atomic mass is 32.2. The van der Waals surface area contributed by atoms with Crippen molar-refractivity contribution in [3.63, 3.8) is 0 Å². The van der Waals surface area contributed by atoms with Gasteiger partial charge in [-0.2, -0.15) is 0 Å². The van der Waals surface area contributed by atoms with Crippen LogP contribution in [0.5, 0.6) is 0 Å². The molecule has 2 amide bonds. The number of nitrogens with one attached hydrogen (secondary N) is 2. The first-order valence-electron chi connectivity index (χ1n) is 6.91. The molecule has 8 nitrogen and oxygen atoms in total. The molecule has 1 saturated heterocycles. The third-order valence-electron chi connectivity index (χ3n) is 3.44. The van der Waals surface area contributed by atoms with Gasteiger partial charge >= 0.3 is 0 Å². The molecule has 0 unspecified atom stereocenters. The van der Waals surface area contributed by atoms with Crippen molar-refractivity contribution in [2.75, 3.05) is 4.90 Å². The zero-order chi connectivity index (χ0) is 16.4. The molecule has 0 aliphatic carbocycles. The Balaban J connectivity index is 1.76. The Morgan fingerprint density at radius 3 is 2.35 bits per heavy atom. The number of amides is 2. The molecule has 23 heavy (non-hydrogen) atoms. The minimum Gasteiger partial charge on any atom is -0.347 e. The number of benzene rings is 1. The third-order valence-corrected chi connectivity index (χ3v) is 4.86. The van der Waals surface area contributed by atoms with E-state index in [-0.39, 0.29) is 36.1 Å². The summed E-state index contributed by atoms with van der Waals surface area (Å²) in [5, 5.41) is 0. The molecule has 0 radical (unpaired) electrons. The number of imidazole rings is 1. The van der Waals surface area contributed by atoms with E-state index in [9.17, 15) is 18.0 Å². The number of anilines is 1. The summed E-state index contributed by atoms with van der Waals surface area (Å²) >= 11 is 0. The van der Waals surface area contributed by atoms with E-state index in [1.807, 2.05) is 0 Å². The average molecular weight is 334 g/mol. The normalized spacial score (nSPS) is 15.4. The molecule has 3 rings (SSSR count). The second-order valence-corrected chi connectivity index (χ2v) is 6.74. The third kappa shape index (κ3) is 3.15.